The van der Waals surface area contributed by atoms with Gasteiger partial charge in [0.05, 0.1) is 0 Å². The van der Waals surface area contributed by atoms with E-state index in [9.17, 15) is 4.79 Å². The second-order valence-corrected chi connectivity index (χ2v) is 5.63. The van der Waals surface area contributed by atoms with E-state index in [2.05, 4.69) is 23.6 Å². The average molecular weight is 213 g/mol. The molecule has 14 heavy (non-hydrogen) atoms. The first kappa shape index (κ1) is 10.5. The minimum absolute atomic E-state index is 0.274. The molecule has 2 heterocycles. The van der Waals surface area contributed by atoms with Crippen LogP contribution in [0.4, 0.5) is 0 Å². The Morgan fingerprint density at radius 3 is 3.00 bits per heavy atom. The van der Waals surface area contributed by atoms with Gasteiger partial charge >= 0.3 is 0 Å². The first-order valence-corrected chi connectivity index (χ1v) is 6.77. The fourth-order valence-corrected chi connectivity index (χ4v) is 3.58. The molecule has 2 atom stereocenters. The zero-order chi connectivity index (χ0) is 9.97. The summed E-state index contributed by atoms with van der Waals surface area (Å²) in [5.41, 5.74) is 0. The largest absolute Gasteiger partial charge is 0.299 e. The highest BCUT2D eigenvalue weighted by Crippen LogP contribution is 2.24. The summed E-state index contributed by atoms with van der Waals surface area (Å²) < 4.78 is 0. The van der Waals surface area contributed by atoms with Gasteiger partial charge in [0.2, 0.25) is 0 Å². The Kier molecular flexibility index (Phi) is 3.50. The van der Waals surface area contributed by atoms with E-state index in [4.69, 9.17) is 0 Å². The van der Waals surface area contributed by atoms with Gasteiger partial charge in [0.1, 0.15) is 5.78 Å². The van der Waals surface area contributed by atoms with E-state index in [1.165, 1.54) is 24.3 Å². The third kappa shape index (κ3) is 2.31. The second-order valence-electron chi connectivity index (χ2n) is 4.48. The van der Waals surface area contributed by atoms with Crippen LogP contribution in [-0.4, -0.2) is 41.3 Å². The average Bonchev–Trinajstić information content (AvgIpc) is 2.23. The Labute approximate surface area is 90.4 Å². The van der Waals surface area contributed by atoms with Crippen LogP contribution < -0.4 is 0 Å². The molecule has 0 spiro atoms. The van der Waals surface area contributed by atoms with E-state index in [0.29, 0.717) is 5.78 Å². The number of carbonyl (C=O) groups excluding carboxylic acids is 1. The third-order valence-corrected chi connectivity index (χ3v) is 4.55. The molecule has 0 aromatic rings. The van der Waals surface area contributed by atoms with E-state index in [-0.39, 0.29) is 5.92 Å². The lowest BCUT2D eigenvalue weighted by Crippen LogP contribution is -2.47. The van der Waals surface area contributed by atoms with Gasteiger partial charge in [0.15, 0.2) is 0 Å². The van der Waals surface area contributed by atoms with Gasteiger partial charge < -0.3 is 0 Å². The molecule has 0 aliphatic carbocycles. The molecule has 3 heteroatoms. The van der Waals surface area contributed by atoms with E-state index in [1.54, 1.807) is 0 Å². The lowest BCUT2D eigenvalue weighted by Gasteiger charge is -2.38. The van der Waals surface area contributed by atoms with Crippen LogP contribution in [0, 0.1) is 5.92 Å². The molecule has 0 aromatic heterocycles. The molecule has 0 aromatic carbocycles. The van der Waals surface area contributed by atoms with Crippen molar-refractivity contribution in [3.63, 3.8) is 0 Å². The van der Waals surface area contributed by atoms with Crippen molar-refractivity contribution in [2.24, 2.45) is 5.92 Å². The molecule has 80 valence electrons. The smallest absolute Gasteiger partial charge is 0.138 e. The van der Waals surface area contributed by atoms with Crippen LogP contribution in [0.15, 0.2) is 0 Å². The molecule has 2 rings (SSSR count). The molecule has 0 saturated carbocycles. The summed E-state index contributed by atoms with van der Waals surface area (Å²) >= 11 is 2.07. The van der Waals surface area contributed by atoms with Gasteiger partial charge in [-0.25, -0.2) is 0 Å². The van der Waals surface area contributed by atoms with Crippen molar-refractivity contribution in [3.05, 3.63) is 0 Å². The standard InChI is InChI=1S/C11H19NOS/c1-9-7-12(5-4-11(9)13)10-3-2-6-14-8-10/h9-10H,2-8H2,1H3. The number of hydrogen-bond donors (Lipinski definition) is 0. The molecule has 0 N–H and O–H groups in total. The maximum absolute atomic E-state index is 11.4. The first-order valence-electron chi connectivity index (χ1n) is 5.62. The topological polar surface area (TPSA) is 20.3 Å². The van der Waals surface area contributed by atoms with Crippen LogP contribution in [0.5, 0.6) is 0 Å². The number of Topliss-reactive ketones (excluding diaryl/α,β-unsaturated/α-hetero) is 1. The normalized spacial score (nSPS) is 35.9. The van der Waals surface area contributed by atoms with Gasteiger partial charge in [-0.2, -0.15) is 11.8 Å². The number of piperidine rings is 1. The van der Waals surface area contributed by atoms with Gasteiger partial charge in [0.25, 0.3) is 0 Å². The molecule has 2 saturated heterocycles. The molecule has 2 unspecified atom stereocenters. The number of likely N-dealkylation sites (tertiary alicyclic amines) is 1. The van der Waals surface area contributed by atoms with Gasteiger partial charge in [-0.1, -0.05) is 6.92 Å². The molecular weight excluding hydrogens is 194 g/mol. The summed E-state index contributed by atoms with van der Waals surface area (Å²) in [5, 5.41) is 0. The van der Waals surface area contributed by atoms with Crippen molar-refractivity contribution >= 4 is 17.5 Å². The highest BCUT2D eigenvalue weighted by Gasteiger charge is 2.29. The summed E-state index contributed by atoms with van der Waals surface area (Å²) in [7, 11) is 0. The number of thioether (sulfide) groups is 1. The molecule has 2 aliphatic rings. The van der Waals surface area contributed by atoms with Crippen LogP contribution >= 0.6 is 11.8 Å². The zero-order valence-electron chi connectivity index (χ0n) is 8.87. The predicted molar refractivity (Wildman–Crippen MR) is 60.7 cm³/mol. The van der Waals surface area contributed by atoms with Crippen LogP contribution in [0.25, 0.3) is 0 Å². The molecule has 2 aliphatic heterocycles. The van der Waals surface area contributed by atoms with E-state index in [0.717, 1.165) is 25.6 Å². The molecule has 2 fully saturated rings. The van der Waals surface area contributed by atoms with Crippen LogP contribution in [0.1, 0.15) is 26.2 Å². The van der Waals surface area contributed by atoms with Crippen LogP contribution in [0.3, 0.4) is 0 Å². The van der Waals surface area contributed by atoms with E-state index in [1.807, 2.05) is 0 Å². The van der Waals surface area contributed by atoms with E-state index < -0.39 is 0 Å². The Balaban J connectivity index is 1.88. The van der Waals surface area contributed by atoms with Crippen molar-refractivity contribution in [1.82, 2.24) is 4.90 Å². The Bertz CT molecular complexity index is 213. The number of ketones is 1. The minimum Gasteiger partial charge on any atom is -0.299 e. The van der Waals surface area contributed by atoms with Gasteiger partial charge in [-0.05, 0) is 18.6 Å². The van der Waals surface area contributed by atoms with Crippen molar-refractivity contribution < 1.29 is 4.79 Å². The number of carbonyl (C=O) groups is 1. The second kappa shape index (κ2) is 4.67. The van der Waals surface area contributed by atoms with Crippen molar-refractivity contribution in [2.75, 3.05) is 24.6 Å². The molecule has 2 nitrogen and oxygen atoms in total. The third-order valence-electron chi connectivity index (χ3n) is 3.36. The minimum atomic E-state index is 0.274. The number of nitrogens with zero attached hydrogens (tertiary/aromatic N) is 1. The van der Waals surface area contributed by atoms with Crippen molar-refractivity contribution in [3.8, 4) is 0 Å². The number of rotatable bonds is 1. The Hall–Kier alpha value is -0.0200. The van der Waals surface area contributed by atoms with Crippen molar-refractivity contribution in [1.29, 1.82) is 0 Å². The first-order chi connectivity index (χ1) is 6.77. The van der Waals surface area contributed by atoms with Crippen LogP contribution in [0.2, 0.25) is 0 Å². The molecule has 0 amide bonds. The number of hydrogen-bond acceptors (Lipinski definition) is 3. The monoisotopic (exact) mass is 213 g/mol. The maximum Gasteiger partial charge on any atom is 0.138 e. The predicted octanol–water partition coefficient (Wildman–Crippen LogP) is 1.79. The summed E-state index contributed by atoms with van der Waals surface area (Å²) in [6.45, 7) is 4.09. The Morgan fingerprint density at radius 2 is 2.36 bits per heavy atom. The fraction of sp³-hybridized carbons (Fsp3) is 0.909. The van der Waals surface area contributed by atoms with Gasteiger partial charge in [-0.3, -0.25) is 9.69 Å². The lowest BCUT2D eigenvalue weighted by atomic mass is 9.96. The SMILES string of the molecule is CC1CN(C2CCCSC2)CCC1=O. The fourth-order valence-electron chi connectivity index (χ4n) is 2.39. The molecular formula is C11H19NOS. The molecule has 0 bridgehead atoms. The quantitative estimate of drug-likeness (QED) is 0.662. The van der Waals surface area contributed by atoms with Gasteiger partial charge in [-0.15, -0.1) is 0 Å². The summed E-state index contributed by atoms with van der Waals surface area (Å²) in [6.07, 6.45) is 3.48. The molecule has 0 radical (unpaired) electrons. The Morgan fingerprint density at radius 1 is 1.50 bits per heavy atom. The maximum atomic E-state index is 11.4. The van der Waals surface area contributed by atoms with Gasteiger partial charge in [0, 0.05) is 37.2 Å². The zero-order valence-corrected chi connectivity index (χ0v) is 9.68. The summed E-state index contributed by atoms with van der Waals surface area (Å²) in [5.74, 6) is 3.35. The summed E-state index contributed by atoms with van der Waals surface area (Å²) in [6, 6.07) is 0.754. The highest BCUT2D eigenvalue weighted by molar-refractivity contribution is 7.99. The van der Waals surface area contributed by atoms with Crippen LogP contribution in [-0.2, 0) is 4.79 Å². The van der Waals surface area contributed by atoms with Crippen molar-refractivity contribution in [2.45, 2.75) is 32.2 Å². The van der Waals surface area contributed by atoms with E-state index >= 15 is 0 Å². The highest BCUT2D eigenvalue weighted by atomic mass is 32.2. The summed E-state index contributed by atoms with van der Waals surface area (Å²) in [4.78, 5) is 13.9. The lowest BCUT2D eigenvalue weighted by molar-refractivity contribution is -0.126.